The van der Waals surface area contributed by atoms with Crippen molar-refractivity contribution in [2.45, 2.75) is 50.4 Å². The molecule has 0 amide bonds. The molecular formula is C15H15F3N4O. The molecule has 0 unspecified atom stereocenters. The molecule has 5 nitrogen and oxygen atoms in total. The summed E-state index contributed by atoms with van der Waals surface area (Å²) in [6.45, 7) is 0.0739. The van der Waals surface area contributed by atoms with Crippen LogP contribution in [0.1, 0.15) is 54.9 Å². The minimum Gasteiger partial charge on any atom is -0.469 e. The van der Waals surface area contributed by atoms with Crippen LogP contribution in [0.4, 0.5) is 13.2 Å². The molecule has 23 heavy (non-hydrogen) atoms. The predicted molar refractivity (Wildman–Crippen MR) is 73.8 cm³/mol. The van der Waals surface area contributed by atoms with Crippen molar-refractivity contribution in [3.63, 3.8) is 0 Å². The third-order valence-electron chi connectivity index (χ3n) is 4.06. The molecule has 2 aliphatic rings. The van der Waals surface area contributed by atoms with Gasteiger partial charge in [0.2, 0.25) is 5.88 Å². The second-order valence-electron chi connectivity index (χ2n) is 6.02. The van der Waals surface area contributed by atoms with Gasteiger partial charge in [-0.1, -0.05) is 0 Å². The molecule has 2 fully saturated rings. The summed E-state index contributed by atoms with van der Waals surface area (Å²) in [5, 5.41) is 8.40. The largest absolute Gasteiger partial charge is 0.469 e. The number of ether oxygens (including phenoxy) is 1. The van der Waals surface area contributed by atoms with Gasteiger partial charge in [-0.25, -0.2) is 4.98 Å². The number of hydrogen-bond donors (Lipinski definition) is 0. The zero-order chi connectivity index (χ0) is 16.0. The van der Waals surface area contributed by atoms with Crippen LogP contribution in [0.25, 0.3) is 0 Å². The van der Waals surface area contributed by atoms with Gasteiger partial charge >= 0.3 is 6.18 Å². The van der Waals surface area contributed by atoms with Crippen LogP contribution in [0.3, 0.4) is 0 Å². The van der Waals surface area contributed by atoms with Gasteiger partial charge in [0.1, 0.15) is 12.4 Å². The average molecular weight is 324 g/mol. The Morgan fingerprint density at radius 3 is 2.61 bits per heavy atom. The number of rotatable bonds is 5. The molecule has 0 aromatic carbocycles. The Morgan fingerprint density at radius 2 is 1.96 bits per heavy atom. The fourth-order valence-corrected chi connectivity index (χ4v) is 2.59. The molecule has 2 aromatic rings. The Bertz CT molecular complexity index is 720. The molecule has 2 aromatic heterocycles. The zero-order valence-corrected chi connectivity index (χ0v) is 12.3. The highest BCUT2D eigenvalue weighted by atomic mass is 19.4. The van der Waals surface area contributed by atoms with E-state index >= 15 is 0 Å². The van der Waals surface area contributed by atoms with Crippen molar-refractivity contribution in [1.29, 1.82) is 0 Å². The summed E-state index contributed by atoms with van der Waals surface area (Å²) in [7, 11) is 0. The monoisotopic (exact) mass is 324 g/mol. The lowest BCUT2D eigenvalue weighted by molar-refractivity contribution is -0.137. The summed E-state index contributed by atoms with van der Waals surface area (Å²) in [4.78, 5) is 3.83. The summed E-state index contributed by atoms with van der Waals surface area (Å²) in [6.07, 6.45) is 1.12. The van der Waals surface area contributed by atoms with Crippen LogP contribution in [-0.2, 0) is 12.8 Å². The van der Waals surface area contributed by atoms with Crippen LogP contribution in [-0.4, -0.2) is 19.7 Å². The summed E-state index contributed by atoms with van der Waals surface area (Å²) in [6, 6.07) is 2.23. The molecule has 0 bridgehead atoms. The predicted octanol–water partition coefficient (Wildman–Crippen LogP) is 3.48. The van der Waals surface area contributed by atoms with E-state index in [1.807, 2.05) is 0 Å². The Kier molecular flexibility index (Phi) is 3.28. The van der Waals surface area contributed by atoms with E-state index < -0.39 is 11.7 Å². The van der Waals surface area contributed by atoms with Gasteiger partial charge in [0.15, 0.2) is 5.82 Å². The fourth-order valence-electron chi connectivity index (χ4n) is 2.59. The van der Waals surface area contributed by atoms with Crippen molar-refractivity contribution in [1.82, 2.24) is 19.7 Å². The fraction of sp³-hybridized carbons (Fsp3) is 0.533. The first-order valence-electron chi connectivity index (χ1n) is 7.62. The molecule has 122 valence electrons. The quantitative estimate of drug-likeness (QED) is 0.845. The molecule has 2 heterocycles. The Balaban J connectivity index is 1.51. The normalized spacial score (nSPS) is 18.2. The Morgan fingerprint density at radius 1 is 1.17 bits per heavy atom. The van der Waals surface area contributed by atoms with E-state index in [2.05, 4.69) is 19.7 Å². The number of pyridine rings is 1. The van der Waals surface area contributed by atoms with Gasteiger partial charge in [0.05, 0.1) is 5.56 Å². The van der Waals surface area contributed by atoms with Crippen molar-refractivity contribution in [3.8, 4) is 5.88 Å². The Hall–Kier alpha value is -2.12. The van der Waals surface area contributed by atoms with E-state index in [0.717, 1.165) is 49.8 Å². The second kappa shape index (κ2) is 5.21. The van der Waals surface area contributed by atoms with Crippen LogP contribution >= 0.6 is 0 Å². The van der Waals surface area contributed by atoms with E-state index in [0.29, 0.717) is 17.8 Å². The van der Waals surface area contributed by atoms with Crippen LogP contribution in [0.15, 0.2) is 18.3 Å². The maximum absolute atomic E-state index is 12.7. The lowest BCUT2D eigenvalue weighted by atomic mass is 10.2. The van der Waals surface area contributed by atoms with Gasteiger partial charge in [-0.3, -0.25) is 0 Å². The summed E-state index contributed by atoms with van der Waals surface area (Å²) in [5.74, 6) is 2.07. The number of halogens is 3. The van der Waals surface area contributed by atoms with Crippen LogP contribution in [0.2, 0.25) is 0 Å². The van der Waals surface area contributed by atoms with Gasteiger partial charge in [-0.05, 0) is 31.7 Å². The number of nitrogens with zero attached hydrogens (tertiary/aromatic N) is 4. The molecule has 0 aliphatic heterocycles. The Labute approximate surface area is 130 Å². The van der Waals surface area contributed by atoms with Gasteiger partial charge in [0.25, 0.3) is 0 Å². The summed E-state index contributed by atoms with van der Waals surface area (Å²) >= 11 is 0. The molecule has 0 saturated heterocycles. The van der Waals surface area contributed by atoms with Crippen molar-refractivity contribution in [3.05, 3.63) is 35.5 Å². The maximum Gasteiger partial charge on any atom is 0.416 e. The van der Waals surface area contributed by atoms with Crippen LogP contribution < -0.4 is 4.74 Å². The van der Waals surface area contributed by atoms with Crippen molar-refractivity contribution in [2.75, 3.05) is 0 Å². The van der Waals surface area contributed by atoms with Gasteiger partial charge in [-0.15, -0.1) is 10.2 Å². The lowest BCUT2D eigenvalue weighted by Crippen LogP contribution is -2.10. The third kappa shape index (κ3) is 3.02. The first-order chi connectivity index (χ1) is 11.0. The highest BCUT2D eigenvalue weighted by Crippen LogP contribution is 2.44. The highest BCUT2D eigenvalue weighted by molar-refractivity contribution is 5.23. The average Bonchev–Trinajstić information content (AvgIpc) is 3.43. The van der Waals surface area contributed by atoms with Gasteiger partial charge in [0, 0.05) is 24.2 Å². The van der Waals surface area contributed by atoms with E-state index in [1.165, 1.54) is 0 Å². The topological polar surface area (TPSA) is 52.8 Å². The van der Waals surface area contributed by atoms with E-state index in [-0.39, 0.29) is 12.5 Å². The molecule has 4 rings (SSSR count). The molecule has 2 saturated carbocycles. The molecule has 0 atom stereocenters. The number of alkyl halides is 3. The van der Waals surface area contributed by atoms with Crippen LogP contribution in [0.5, 0.6) is 5.88 Å². The van der Waals surface area contributed by atoms with Gasteiger partial charge in [-0.2, -0.15) is 13.2 Å². The van der Waals surface area contributed by atoms with Crippen molar-refractivity contribution < 1.29 is 17.9 Å². The van der Waals surface area contributed by atoms with Crippen molar-refractivity contribution >= 4 is 0 Å². The first kappa shape index (κ1) is 14.5. The zero-order valence-electron chi connectivity index (χ0n) is 12.3. The highest BCUT2D eigenvalue weighted by Gasteiger charge is 2.36. The lowest BCUT2D eigenvalue weighted by Gasteiger charge is -2.11. The molecule has 8 heteroatoms. The summed E-state index contributed by atoms with van der Waals surface area (Å²) < 4.78 is 45.6. The SMILES string of the molecule is FC(F)(F)c1ccnc(OCc2nnc(C3CC3)n2C2CC2)c1. The third-order valence-corrected chi connectivity index (χ3v) is 4.06. The number of hydrogen-bond acceptors (Lipinski definition) is 4. The smallest absolute Gasteiger partial charge is 0.416 e. The minimum atomic E-state index is -4.41. The molecule has 0 spiro atoms. The van der Waals surface area contributed by atoms with Gasteiger partial charge < -0.3 is 9.30 Å². The molecular weight excluding hydrogens is 309 g/mol. The number of aromatic nitrogens is 4. The minimum absolute atomic E-state index is 0.0573. The maximum atomic E-state index is 12.7. The van der Waals surface area contributed by atoms with E-state index in [4.69, 9.17) is 4.74 Å². The molecule has 0 N–H and O–H groups in total. The van der Waals surface area contributed by atoms with E-state index in [1.54, 1.807) is 0 Å². The van der Waals surface area contributed by atoms with Crippen LogP contribution in [0, 0.1) is 0 Å². The first-order valence-corrected chi connectivity index (χ1v) is 7.62. The van der Waals surface area contributed by atoms with E-state index in [9.17, 15) is 13.2 Å². The molecule has 2 aliphatic carbocycles. The molecule has 0 radical (unpaired) electrons. The summed E-state index contributed by atoms with van der Waals surface area (Å²) in [5.41, 5.74) is -0.773. The second-order valence-corrected chi connectivity index (χ2v) is 6.02. The standard InChI is InChI=1S/C15H15F3N4O/c16-15(17,18)10-5-6-19-13(7-10)23-8-12-20-21-14(9-1-2-9)22(12)11-3-4-11/h5-7,9,11H,1-4,8H2. The van der Waals surface area contributed by atoms with Crippen molar-refractivity contribution in [2.24, 2.45) is 0 Å².